The van der Waals surface area contributed by atoms with Crippen LogP contribution in [0.1, 0.15) is 23.9 Å². The van der Waals surface area contributed by atoms with E-state index in [9.17, 15) is 0 Å². The first-order valence-corrected chi connectivity index (χ1v) is 7.39. The zero-order valence-corrected chi connectivity index (χ0v) is 12.6. The summed E-state index contributed by atoms with van der Waals surface area (Å²) in [5.41, 5.74) is 1.23. The van der Waals surface area contributed by atoms with Crippen molar-refractivity contribution in [3.05, 3.63) is 72.6 Å². The second kappa shape index (κ2) is 6.85. The molecule has 1 unspecified atom stereocenters. The van der Waals surface area contributed by atoms with Crippen LogP contribution >= 0.6 is 0 Å². The average molecular weight is 293 g/mol. The molecule has 112 valence electrons. The van der Waals surface area contributed by atoms with Crippen molar-refractivity contribution in [2.45, 2.75) is 25.9 Å². The van der Waals surface area contributed by atoms with E-state index in [1.54, 1.807) is 12.4 Å². The Bertz CT molecular complexity index is 693. The van der Waals surface area contributed by atoms with Gasteiger partial charge in [-0.1, -0.05) is 30.3 Å². The van der Waals surface area contributed by atoms with Crippen LogP contribution < -0.4 is 5.32 Å². The van der Waals surface area contributed by atoms with Crippen LogP contribution in [0.5, 0.6) is 0 Å². The van der Waals surface area contributed by atoms with Gasteiger partial charge < -0.3 is 9.88 Å². The molecule has 0 aliphatic carbocycles. The monoisotopic (exact) mass is 293 g/mol. The normalized spacial score (nSPS) is 12.0. The van der Waals surface area contributed by atoms with Gasteiger partial charge in [-0.05, 0) is 25.0 Å². The Hall–Kier alpha value is -2.69. The number of hydrogen-bond acceptors (Lipinski definition) is 4. The minimum atomic E-state index is 0.158. The largest absolute Gasteiger partial charge is 0.347 e. The molecule has 2 aromatic heterocycles. The molecule has 3 aromatic rings. The van der Waals surface area contributed by atoms with E-state index in [2.05, 4.69) is 49.1 Å². The summed E-state index contributed by atoms with van der Waals surface area (Å²) in [5, 5.41) is 3.42. The first kappa shape index (κ1) is 14.3. The summed E-state index contributed by atoms with van der Waals surface area (Å²) in [5.74, 6) is 1.68. The van der Waals surface area contributed by atoms with Crippen molar-refractivity contribution < 1.29 is 0 Å². The summed E-state index contributed by atoms with van der Waals surface area (Å²) < 4.78 is 2.16. The summed E-state index contributed by atoms with van der Waals surface area (Å²) in [4.78, 5) is 12.8. The second-order valence-electron chi connectivity index (χ2n) is 5.14. The fourth-order valence-corrected chi connectivity index (χ4v) is 2.45. The molecule has 5 heteroatoms. The third kappa shape index (κ3) is 3.49. The summed E-state index contributed by atoms with van der Waals surface area (Å²) >= 11 is 0. The number of benzene rings is 1. The predicted octanol–water partition coefficient (Wildman–Crippen LogP) is 3.23. The van der Waals surface area contributed by atoms with Crippen LogP contribution in [0, 0.1) is 6.92 Å². The molecule has 22 heavy (non-hydrogen) atoms. The highest BCUT2D eigenvalue weighted by Gasteiger charge is 2.13. The highest BCUT2D eigenvalue weighted by molar-refractivity contribution is 5.31. The van der Waals surface area contributed by atoms with Crippen LogP contribution in [0.25, 0.3) is 0 Å². The lowest BCUT2D eigenvalue weighted by Crippen LogP contribution is -2.15. The summed E-state index contributed by atoms with van der Waals surface area (Å²) in [6.07, 6.45) is 8.27. The van der Waals surface area contributed by atoms with Crippen molar-refractivity contribution in [1.82, 2.24) is 19.5 Å². The van der Waals surface area contributed by atoms with E-state index in [0.29, 0.717) is 5.95 Å². The molecule has 1 N–H and O–H groups in total. The molecule has 3 rings (SSSR count). The molecule has 0 spiro atoms. The number of nitrogens with zero attached hydrogens (tertiary/aromatic N) is 4. The number of nitrogens with one attached hydrogen (secondary N) is 1. The van der Waals surface area contributed by atoms with Gasteiger partial charge in [-0.2, -0.15) is 0 Å². The SMILES string of the molecule is Cc1nccn1CCC(Nc1ncccn1)c1ccccc1. The smallest absolute Gasteiger partial charge is 0.223 e. The molecule has 1 aromatic carbocycles. The van der Waals surface area contributed by atoms with Crippen LogP contribution in [0.3, 0.4) is 0 Å². The van der Waals surface area contributed by atoms with Crippen LogP contribution in [0.2, 0.25) is 0 Å². The van der Waals surface area contributed by atoms with Gasteiger partial charge in [-0.25, -0.2) is 15.0 Å². The maximum absolute atomic E-state index is 4.27. The van der Waals surface area contributed by atoms with Crippen molar-refractivity contribution in [3.8, 4) is 0 Å². The minimum Gasteiger partial charge on any atom is -0.347 e. The van der Waals surface area contributed by atoms with Crippen LogP contribution in [-0.4, -0.2) is 19.5 Å². The molecule has 1 atom stereocenters. The molecule has 0 aliphatic heterocycles. The maximum Gasteiger partial charge on any atom is 0.223 e. The minimum absolute atomic E-state index is 0.158. The molecule has 0 saturated carbocycles. The van der Waals surface area contributed by atoms with Gasteiger partial charge in [0, 0.05) is 31.3 Å². The van der Waals surface area contributed by atoms with Crippen molar-refractivity contribution in [1.29, 1.82) is 0 Å². The third-order valence-electron chi connectivity index (χ3n) is 3.65. The number of hydrogen-bond donors (Lipinski definition) is 1. The van der Waals surface area contributed by atoms with Crippen LogP contribution in [0.4, 0.5) is 5.95 Å². The Labute approximate surface area is 130 Å². The zero-order valence-electron chi connectivity index (χ0n) is 12.6. The highest BCUT2D eigenvalue weighted by atomic mass is 15.1. The van der Waals surface area contributed by atoms with E-state index >= 15 is 0 Å². The maximum atomic E-state index is 4.27. The Morgan fingerprint density at radius 3 is 2.45 bits per heavy atom. The van der Waals surface area contributed by atoms with Gasteiger partial charge in [0.05, 0.1) is 6.04 Å². The predicted molar refractivity (Wildman–Crippen MR) is 86.4 cm³/mol. The number of imidazole rings is 1. The Kier molecular flexibility index (Phi) is 4.44. The van der Waals surface area contributed by atoms with E-state index in [4.69, 9.17) is 0 Å². The van der Waals surface area contributed by atoms with Crippen molar-refractivity contribution >= 4 is 5.95 Å². The van der Waals surface area contributed by atoms with Crippen molar-refractivity contribution in [2.24, 2.45) is 0 Å². The number of aryl methyl sites for hydroxylation is 2. The van der Waals surface area contributed by atoms with Gasteiger partial charge in [-0.3, -0.25) is 0 Å². The van der Waals surface area contributed by atoms with E-state index in [1.807, 2.05) is 31.5 Å². The summed E-state index contributed by atoms with van der Waals surface area (Å²) in [7, 11) is 0. The van der Waals surface area contributed by atoms with E-state index in [1.165, 1.54) is 5.56 Å². The second-order valence-corrected chi connectivity index (χ2v) is 5.14. The lowest BCUT2D eigenvalue weighted by molar-refractivity contribution is 0.571. The summed E-state index contributed by atoms with van der Waals surface area (Å²) in [6.45, 7) is 2.91. The lowest BCUT2D eigenvalue weighted by atomic mass is 10.0. The lowest BCUT2D eigenvalue weighted by Gasteiger charge is -2.19. The molecule has 0 radical (unpaired) electrons. The van der Waals surface area contributed by atoms with Gasteiger partial charge >= 0.3 is 0 Å². The molecule has 0 fully saturated rings. The number of anilines is 1. The first-order chi connectivity index (χ1) is 10.8. The molecule has 5 nitrogen and oxygen atoms in total. The third-order valence-corrected chi connectivity index (χ3v) is 3.65. The van der Waals surface area contributed by atoms with Gasteiger partial charge in [0.1, 0.15) is 5.82 Å². The van der Waals surface area contributed by atoms with Gasteiger partial charge in [0.15, 0.2) is 0 Å². The number of rotatable bonds is 6. The van der Waals surface area contributed by atoms with E-state index < -0.39 is 0 Å². The van der Waals surface area contributed by atoms with Crippen LogP contribution in [-0.2, 0) is 6.54 Å². The molecule has 0 aliphatic rings. The zero-order chi connectivity index (χ0) is 15.2. The van der Waals surface area contributed by atoms with Crippen molar-refractivity contribution in [3.63, 3.8) is 0 Å². The summed E-state index contributed by atoms with van der Waals surface area (Å²) in [6, 6.07) is 12.4. The molecular formula is C17H19N5. The quantitative estimate of drug-likeness (QED) is 0.758. The van der Waals surface area contributed by atoms with E-state index in [-0.39, 0.29) is 6.04 Å². The Morgan fingerprint density at radius 1 is 1.00 bits per heavy atom. The van der Waals surface area contributed by atoms with Gasteiger partial charge in [-0.15, -0.1) is 0 Å². The molecule has 0 saturated heterocycles. The number of aromatic nitrogens is 4. The Morgan fingerprint density at radius 2 is 1.77 bits per heavy atom. The first-order valence-electron chi connectivity index (χ1n) is 7.39. The van der Waals surface area contributed by atoms with Crippen molar-refractivity contribution in [2.75, 3.05) is 5.32 Å². The fraction of sp³-hybridized carbons (Fsp3) is 0.235. The van der Waals surface area contributed by atoms with Gasteiger partial charge in [0.25, 0.3) is 0 Å². The molecule has 2 heterocycles. The standard InChI is InChI=1S/C17H19N5/c1-14-18-11-13-22(14)12-8-16(15-6-3-2-4-7-15)21-17-19-9-5-10-20-17/h2-7,9-11,13,16H,8,12H2,1H3,(H,19,20,21). The fourth-order valence-electron chi connectivity index (χ4n) is 2.45. The molecule has 0 bridgehead atoms. The highest BCUT2D eigenvalue weighted by Crippen LogP contribution is 2.21. The molecular weight excluding hydrogens is 274 g/mol. The topological polar surface area (TPSA) is 55.6 Å². The Balaban J connectivity index is 1.76. The average Bonchev–Trinajstić information content (AvgIpc) is 2.98. The molecule has 0 amide bonds. The van der Waals surface area contributed by atoms with Gasteiger partial charge in [0.2, 0.25) is 5.95 Å². The van der Waals surface area contributed by atoms with E-state index in [0.717, 1.165) is 18.8 Å². The van der Waals surface area contributed by atoms with Crippen LogP contribution in [0.15, 0.2) is 61.2 Å².